The Hall–Kier alpha value is -1.02. The minimum atomic E-state index is 0.330. The molecule has 0 saturated carbocycles. The lowest BCUT2D eigenvalue weighted by Crippen LogP contribution is -2.40. The van der Waals surface area contributed by atoms with Crippen LogP contribution in [0.1, 0.15) is 47.0 Å². The van der Waals surface area contributed by atoms with E-state index in [1.807, 2.05) is 30.3 Å². The van der Waals surface area contributed by atoms with Gasteiger partial charge in [-0.1, -0.05) is 45.9 Å². The molecule has 0 heterocycles. The van der Waals surface area contributed by atoms with E-state index in [0.29, 0.717) is 11.5 Å². The third-order valence-electron chi connectivity index (χ3n) is 3.39. The van der Waals surface area contributed by atoms with Crippen LogP contribution in [-0.4, -0.2) is 19.2 Å². The van der Waals surface area contributed by atoms with Crippen LogP contribution in [-0.2, 0) is 0 Å². The largest absolute Gasteiger partial charge is 0.494 e. The van der Waals surface area contributed by atoms with Gasteiger partial charge in [-0.05, 0) is 43.4 Å². The summed E-state index contributed by atoms with van der Waals surface area (Å²) in [5.74, 6) is 0.974. The summed E-state index contributed by atoms with van der Waals surface area (Å²) in [6.45, 7) is 11.0. The molecule has 108 valence electrons. The zero-order valence-corrected chi connectivity index (χ0v) is 12.9. The number of benzene rings is 1. The van der Waals surface area contributed by atoms with Crippen LogP contribution < -0.4 is 10.1 Å². The Morgan fingerprint density at radius 2 is 1.79 bits per heavy atom. The van der Waals surface area contributed by atoms with Crippen LogP contribution in [0.25, 0.3) is 0 Å². The predicted octanol–water partition coefficient (Wildman–Crippen LogP) is 4.26. The van der Waals surface area contributed by atoms with Gasteiger partial charge in [0.15, 0.2) is 0 Å². The number of hydrogen-bond donors (Lipinski definition) is 1. The van der Waals surface area contributed by atoms with Gasteiger partial charge in [-0.2, -0.15) is 0 Å². The van der Waals surface area contributed by atoms with Crippen LogP contribution in [0.2, 0.25) is 0 Å². The topological polar surface area (TPSA) is 21.3 Å². The highest BCUT2D eigenvalue weighted by molar-refractivity contribution is 5.20. The molecule has 1 unspecified atom stereocenters. The molecule has 0 bridgehead atoms. The van der Waals surface area contributed by atoms with E-state index in [4.69, 9.17) is 4.74 Å². The van der Waals surface area contributed by atoms with E-state index >= 15 is 0 Å². The Balaban J connectivity index is 2.18. The van der Waals surface area contributed by atoms with Crippen molar-refractivity contribution in [1.82, 2.24) is 5.32 Å². The van der Waals surface area contributed by atoms with Crippen LogP contribution in [0.4, 0.5) is 0 Å². The van der Waals surface area contributed by atoms with Crippen molar-refractivity contribution in [2.24, 2.45) is 5.41 Å². The summed E-state index contributed by atoms with van der Waals surface area (Å²) in [5, 5.41) is 3.59. The summed E-state index contributed by atoms with van der Waals surface area (Å²) >= 11 is 0. The Kier molecular flexibility index (Phi) is 6.93. The summed E-state index contributed by atoms with van der Waals surface area (Å²) in [6, 6.07) is 10.6. The molecule has 0 aliphatic carbocycles. The first kappa shape index (κ1) is 16.0. The number of unbranched alkanes of at least 4 members (excludes halogenated alkanes) is 1. The summed E-state index contributed by atoms with van der Waals surface area (Å²) in [7, 11) is 0. The molecule has 1 rings (SSSR count). The molecule has 0 fully saturated rings. The van der Waals surface area contributed by atoms with Gasteiger partial charge in [0, 0.05) is 6.04 Å². The average Bonchev–Trinajstić information content (AvgIpc) is 2.37. The Bertz CT molecular complexity index is 329. The van der Waals surface area contributed by atoms with Gasteiger partial charge in [-0.15, -0.1) is 0 Å². The standard InChI is InChI=1S/C17H29NO/c1-5-18-16(17(2,3)4)13-9-10-14-19-15-11-7-6-8-12-15/h6-8,11-12,16,18H,5,9-10,13-14H2,1-4H3. The van der Waals surface area contributed by atoms with Crippen molar-refractivity contribution < 1.29 is 4.74 Å². The molecule has 2 nitrogen and oxygen atoms in total. The summed E-state index contributed by atoms with van der Waals surface area (Å²) in [6.07, 6.45) is 3.55. The Labute approximate surface area is 118 Å². The Morgan fingerprint density at radius 3 is 2.37 bits per heavy atom. The molecule has 0 saturated heterocycles. The lowest BCUT2D eigenvalue weighted by molar-refractivity contribution is 0.242. The predicted molar refractivity (Wildman–Crippen MR) is 82.7 cm³/mol. The Morgan fingerprint density at radius 1 is 1.11 bits per heavy atom. The van der Waals surface area contributed by atoms with Crippen molar-refractivity contribution in [3.8, 4) is 5.75 Å². The van der Waals surface area contributed by atoms with Crippen LogP contribution >= 0.6 is 0 Å². The van der Waals surface area contributed by atoms with E-state index in [1.165, 1.54) is 12.8 Å². The van der Waals surface area contributed by atoms with Gasteiger partial charge in [0.25, 0.3) is 0 Å². The zero-order valence-electron chi connectivity index (χ0n) is 12.9. The first-order valence-electron chi connectivity index (χ1n) is 7.45. The molecule has 0 aliphatic heterocycles. The van der Waals surface area contributed by atoms with E-state index in [-0.39, 0.29) is 0 Å². The molecule has 2 heteroatoms. The van der Waals surface area contributed by atoms with Gasteiger partial charge in [0.05, 0.1) is 6.61 Å². The minimum Gasteiger partial charge on any atom is -0.494 e. The molecule has 0 spiro atoms. The fourth-order valence-electron chi connectivity index (χ4n) is 2.24. The van der Waals surface area contributed by atoms with Gasteiger partial charge < -0.3 is 10.1 Å². The van der Waals surface area contributed by atoms with Gasteiger partial charge in [-0.25, -0.2) is 0 Å². The monoisotopic (exact) mass is 263 g/mol. The zero-order chi connectivity index (χ0) is 14.1. The summed E-state index contributed by atoms with van der Waals surface area (Å²) in [5.41, 5.74) is 0.330. The lowest BCUT2D eigenvalue weighted by atomic mass is 9.84. The minimum absolute atomic E-state index is 0.330. The van der Waals surface area contributed by atoms with Crippen LogP contribution in [0.3, 0.4) is 0 Å². The van der Waals surface area contributed by atoms with E-state index in [9.17, 15) is 0 Å². The normalized spacial score (nSPS) is 13.3. The number of ether oxygens (including phenoxy) is 1. The highest BCUT2D eigenvalue weighted by Gasteiger charge is 2.22. The average molecular weight is 263 g/mol. The van der Waals surface area contributed by atoms with Gasteiger partial charge in [0.2, 0.25) is 0 Å². The van der Waals surface area contributed by atoms with Crippen molar-refractivity contribution in [3.63, 3.8) is 0 Å². The highest BCUT2D eigenvalue weighted by Crippen LogP contribution is 2.23. The fourth-order valence-corrected chi connectivity index (χ4v) is 2.24. The molecule has 1 atom stereocenters. The quantitative estimate of drug-likeness (QED) is 0.708. The van der Waals surface area contributed by atoms with Gasteiger partial charge in [0.1, 0.15) is 5.75 Å². The molecule has 0 aromatic heterocycles. The van der Waals surface area contributed by atoms with E-state index in [2.05, 4.69) is 33.0 Å². The highest BCUT2D eigenvalue weighted by atomic mass is 16.5. The van der Waals surface area contributed by atoms with Crippen LogP contribution in [0.15, 0.2) is 30.3 Å². The molecule has 0 aliphatic rings. The molecular formula is C17H29NO. The molecule has 0 radical (unpaired) electrons. The maximum atomic E-state index is 5.71. The summed E-state index contributed by atoms with van der Waals surface area (Å²) < 4.78 is 5.71. The second kappa shape index (κ2) is 8.21. The second-order valence-electron chi connectivity index (χ2n) is 6.13. The molecule has 19 heavy (non-hydrogen) atoms. The van der Waals surface area contributed by atoms with E-state index in [0.717, 1.165) is 25.3 Å². The van der Waals surface area contributed by atoms with Crippen molar-refractivity contribution in [1.29, 1.82) is 0 Å². The molecule has 1 aromatic rings. The number of nitrogens with one attached hydrogen (secondary N) is 1. The number of para-hydroxylation sites is 1. The number of rotatable bonds is 8. The third-order valence-corrected chi connectivity index (χ3v) is 3.39. The lowest BCUT2D eigenvalue weighted by Gasteiger charge is -2.31. The second-order valence-corrected chi connectivity index (χ2v) is 6.13. The smallest absolute Gasteiger partial charge is 0.119 e. The van der Waals surface area contributed by atoms with Crippen molar-refractivity contribution in [3.05, 3.63) is 30.3 Å². The molecule has 0 amide bonds. The van der Waals surface area contributed by atoms with Crippen molar-refractivity contribution in [2.75, 3.05) is 13.2 Å². The van der Waals surface area contributed by atoms with E-state index < -0.39 is 0 Å². The van der Waals surface area contributed by atoms with E-state index in [1.54, 1.807) is 0 Å². The first-order chi connectivity index (χ1) is 9.04. The maximum absolute atomic E-state index is 5.71. The third kappa shape index (κ3) is 6.63. The van der Waals surface area contributed by atoms with Crippen LogP contribution in [0, 0.1) is 5.41 Å². The molecule has 1 aromatic carbocycles. The molecule has 1 N–H and O–H groups in total. The van der Waals surface area contributed by atoms with Crippen LogP contribution in [0.5, 0.6) is 5.75 Å². The SMILES string of the molecule is CCNC(CCCCOc1ccccc1)C(C)(C)C. The van der Waals surface area contributed by atoms with Crippen molar-refractivity contribution in [2.45, 2.75) is 53.0 Å². The fraction of sp³-hybridized carbons (Fsp3) is 0.647. The van der Waals surface area contributed by atoms with Gasteiger partial charge in [-0.3, -0.25) is 0 Å². The summed E-state index contributed by atoms with van der Waals surface area (Å²) in [4.78, 5) is 0. The van der Waals surface area contributed by atoms with Crippen molar-refractivity contribution >= 4 is 0 Å². The number of hydrogen-bond acceptors (Lipinski definition) is 2. The molecular weight excluding hydrogens is 234 g/mol. The maximum Gasteiger partial charge on any atom is 0.119 e. The van der Waals surface area contributed by atoms with Gasteiger partial charge >= 0.3 is 0 Å². The first-order valence-corrected chi connectivity index (χ1v) is 7.45.